The number of thiazole rings is 1. The Morgan fingerprint density at radius 1 is 1.00 bits per heavy atom. The number of anilines is 1. The highest BCUT2D eigenvalue weighted by Gasteiger charge is 2.15. The van der Waals surface area contributed by atoms with Crippen molar-refractivity contribution in [3.8, 4) is 21.9 Å². The first-order valence-corrected chi connectivity index (χ1v) is 11.4. The molecule has 0 saturated heterocycles. The van der Waals surface area contributed by atoms with Gasteiger partial charge >= 0.3 is 0 Å². The van der Waals surface area contributed by atoms with Gasteiger partial charge in [-0.3, -0.25) is 4.79 Å². The Bertz CT molecular complexity index is 1450. The lowest BCUT2D eigenvalue weighted by Gasteiger charge is -2.05. The number of aryl methyl sites for hydroxylation is 1. The van der Waals surface area contributed by atoms with E-state index >= 15 is 0 Å². The lowest BCUT2D eigenvalue weighted by molar-refractivity contribution is 0.0997. The molecule has 0 atom stereocenters. The summed E-state index contributed by atoms with van der Waals surface area (Å²) in [6.45, 7) is 2.07. The minimum atomic E-state index is -0.349. The number of furan rings is 1. The molecule has 5 rings (SSSR count). The first-order valence-electron chi connectivity index (χ1n) is 9.81. The van der Waals surface area contributed by atoms with Gasteiger partial charge in [0.05, 0.1) is 20.3 Å². The summed E-state index contributed by atoms with van der Waals surface area (Å²) in [4.78, 5) is 17.3. The van der Waals surface area contributed by atoms with E-state index in [9.17, 15) is 4.79 Å². The molecule has 0 bridgehead atoms. The van der Waals surface area contributed by atoms with Crippen molar-refractivity contribution in [3.63, 3.8) is 0 Å². The maximum Gasteiger partial charge on any atom is 0.291 e. The van der Waals surface area contributed by atoms with Gasteiger partial charge in [0.2, 0.25) is 0 Å². The molecule has 158 valence electrons. The smallest absolute Gasteiger partial charge is 0.291 e. The first kappa shape index (κ1) is 20.8. The van der Waals surface area contributed by atoms with E-state index in [-0.39, 0.29) is 11.7 Å². The maximum absolute atomic E-state index is 12.6. The van der Waals surface area contributed by atoms with Gasteiger partial charge in [0, 0.05) is 16.8 Å². The molecule has 2 heterocycles. The van der Waals surface area contributed by atoms with Gasteiger partial charge in [0.25, 0.3) is 5.91 Å². The van der Waals surface area contributed by atoms with Crippen molar-refractivity contribution in [2.75, 3.05) is 5.32 Å². The standard InChI is InChI=1S/C25H16Cl2N2O2S/c1-14-5-10-19-22(13-14)32-25(29-19)15-6-8-16(9-7-15)28-24(30)21-12-11-20(31-21)17-3-2-4-18(26)23(17)27/h2-13H,1H3,(H,28,30). The van der Waals surface area contributed by atoms with Crippen LogP contribution in [0.2, 0.25) is 10.0 Å². The lowest BCUT2D eigenvalue weighted by Crippen LogP contribution is -2.10. The largest absolute Gasteiger partial charge is 0.451 e. The van der Waals surface area contributed by atoms with Gasteiger partial charge in [-0.2, -0.15) is 0 Å². The van der Waals surface area contributed by atoms with Crippen LogP contribution in [0.15, 0.2) is 77.2 Å². The molecular formula is C25H16Cl2N2O2S. The van der Waals surface area contributed by atoms with E-state index < -0.39 is 0 Å². The van der Waals surface area contributed by atoms with E-state index in [1.165, 1.54) is 5.56 Å². The van der Waals surface area contributed by atoms with Crippen LogP contribution < -0.4 is 5.32 Å². The van der Waals surface area contributed by atoms with Crippen LogP contribution in [0.25, 0.3) is 32.1 Å². The number of carbonyl (C=O) groups is 1. The van der Waals surface area contributed by atoms with Gasteiger partial charge in [0.15, 0.2) is 5.76 Å². The Kier molecular flexibility index (Phi) is 5.47. The Morgan fingerprint density at radius 3 is 2.62 bits per heavy atom. The van der Waals surface area contributed by atoms with Crippen molar-refractivity contribution < 1.29 is 9.21 Å². The minimum Gasteiger partial charge on any atom is -0.451 e. The number of nitrogens with zero attached hydrogens (tertiary/aromatic N) is 1. The highest BCUT2D eigenvalue weighted by Crippen LogP contribution is 2.35. The highest BCUT2D eigenvalue weighted by molar-refractivity contribution is 7.21. The average molecular weight is 479 g/mol. The number of benzene rings is 3. The van der Waals surface area contributed by atoms with Crippen molar-refractivity contribution in [1.82, 2.24) is 4.98 Å². The second-order valence-electron chi connectivity index (χ2n) is 7.29. The number of nitrogens with one attached hydrogen (secondary N) is 1. The molecular weight excluding hydrogens is 463 g/mol. The van der Waals surface area contributed by atoms with Gasteiger partial charge in [-0.25, -0.2) is 4.98 Å². The Hall–Kier alpha value is -3.12. The molecule has 0 aliphatic rings. The molecule has 7 heteroatoms. The van der Waals surface area contributed by atoms with E-state index in [4.69, 9.17) is 32.6 Å². The molecule has 4 nitrogen and oxygen atoms in total. The van der Waals surface area contributed by atoms with E-state index in [0.29, 0.717) is 27.1 Å². The minimum absolute atomic E-state index is 0.182. The number of hydrogen-bond acceptors (Lipinski definition) is 4. The fraction of sp³-hybridized carbons (Fsp3) is 0.0400. The molecule has 0 aliphatic carbocycles. The third-order valence-electron chi connectivity index (χ3n) is 4.98. The van der Waals surface area contributed by atoms with Gasteiger partial charge in [-0.05, 0) is 73.2 Å². The third-order valence-corrected chi connectivity index (χ3v) is 6.87. The summed E-state index contributed by atoms with van der Waals surface area (Å²) in [6, 6.07) is 22.4. The van der Waals surface area contributed by atoms with Crippen LogP contribution in [-0.2, 0) is 0 Å². The molecule has 5 aromatic rings. The summed E-state index contributed by atoms with van der Waals surface area (Å²) >= 11 is 14.0. The monoisotopic (exact) mass is 478 g/mol. The Morgan fingerprint density at radius 2 is 1.81 bits per heavy atom. The predicted octanol–water partition coefficient (Wildman–Crippen LogP) is 8.09. The highest BCUT2D eigenvalue weighted by atomic mass is 35.5. The zero-order valence-corrected chi connectivity index (χ0v) is 19.2. The molecule has 0 saturated carbocycles. The maximum atomic E-state index is 12.6. The Labute approximate surface area is 198 Å². The summed E-state index contributed by atoms with van der Waals surface area (Å²) in [5.41, 5.74) is 4.49. The Balaban J connectivity index is 1.33. The fourth-order valence-electron chi connectivity index (χ4n) is 3.34. The fourth-order valence-corrected chi connectivity index (χ4v) is 4.81. The summed E-state index contributed by atoms with van der Waals surface area (Å²) in [7, 11) is 0. The quantitative estimate of drug-likeness (QED) is 0.283. The van der Waals surface area contributed by atoms with E-state index in [0.717, 1.165) is 20.8 Å². The third kappa shape index (κ3) is 4.02. The summed E-state index contributed by atoms with van der Waals surface area (Å²) < 4.78 is 6.87. The summed E-state index contributed by atoms with van der Waals surface area (Å²) in [5, 5.41) is 4.61. The molecule has 0 radical (unpaired) electrons. The van der Waals surface area contributed by atoms with Crippen LogP contribution in [0.3, 0.4) is 0 Å². The topological polar surface area (TPSA) is 55.1 Å². The van der Waals surface area contributed by atoms with Crippen LogP contribution in [0.4, 0.5) is 5.69 Å². The lowest BCUT2D eigenvalue weighted by atomic mass is 10.2. The summed E-state index contributed by atoms with van der Waals surface area (Å²) in [5.74, 6) is 0.309. The molecule has 3 aromatic carbocycles. The molecule has 0 fully saturated rings. The zero-order valence-electron chi connectivity index (χ0n) is 16.9. The number of amides is 1. The number of halogens is 2. The van der Waals surface area contributed by atoms with Crippen molar-refractivity contribution in [2.45, 2.75) is 6.92 Å². The average Bonchev–Trinajstić information content (AvgIpc) is 3.43. The number of aromatic nitrogens is 1. The SMILES string of the molecule is Cc1ccc2nc(-c3ccc(NC(=O)c4ccc(-c5cccc(Cl)c5Cl)o4)cc3)sc2c1. The van der Waals surface area contributed by atoms with E-state index in [1.807, 2.05) is 30.3 Å². The number of carbonyl (C=O) groups excluding carboxylic acids is 1. The van der Waals surface area contributed by atoms with Gasteiger partial charge in [0.1, 0.15) is 10.8 Å². The zero-order chi connectivity index (χ0) is 22.2. The van der Waals surface area contributed by atoms with Gasteiger partial charge in [-0.15, -0.1) is 11.3 Å². The van der Waals surface area contributed by atoms with E-state index in [1.54, 1.807) is 41.7 Å². The molecule has 0 spiro atoms. The van der Waals surface area contributed by atoms with Gasteiger partial charge in [-0.1, -0.05) is 35.3 Å². The van der Waals surface area contributed by atoms with Crippen molar-refractivity contribution >= 4 is 56.3 Å². The first-order chi connectivity index (χ1) is 15.5. The van der Waals surface area contributed by atoms with Crippen molar-refractivity contribution in [2.24, 2.45) is 0 Å². The molecule has 1 N–H and O–H groups in total. The molecule has 0 unspecified atom stereocenters. The molecule has 1 amide bonds. The van der Waals surface area contributed by atoms with Crippen molar-refractivity contribution in [3.05, 3.63) is 94.2 Å². The van der Waals surface area contributed by atoms with Crippen LogP contribution >= 0.6 is 34.5 Å². The van der Waals surface area contributed by atoms with Gasteiger partial charge < -0.3 is 9.73 Å². The molecule has 0 aliphatic heterocycles. The van der Waals surface area contributed by atoms with Crippen molar-refractivity contribution in [1.29, 1.82) is 0 Å². The van der Waals surface area contributed by atoms with Crippen LogP contribution in [0.5, 0.6) is 0 Å². The van der Waals surface area contributed by atoms with E-state index in [2.05, 4.69) is 24.4 Å². The van der Waals surface area contributed by atoms with Crippen LogP contribution in [0.1, 0.15) is 16.1 Å². The summed E-state index contributed by atoms with van der Waals surface area (Å²) in [6.07, 6.45) is 0. The number of rotatable bonds is 4. The number of fused-ring (bicyclic) bond motifs is 1. The van der Waals surface area contributed by atoms with Crippen LogP contribution in [0, 0.1) is 6.92 Å². The second-order valence-corrected chi connectivity index (χ2v) is 9.10. The molecule has 2 aromatic heterocycles. The molecule has 32 heavy (non-hydrogen) atoms. The van der Waals surface area contributed by atoms with Crippen LogP contribution in [-0.4, -0.2) is 10.9 Å². The normalized spacial score (nSPS) is 11.1. The second kappa shape index (κ2) is 8.43. The number of hydrogen-bond donors (Lipinski definition) is 1. The predicted molar refractivity (Wildman–Crippen MR) is 132 cm³/mol.